The third-order valence-electron chi connectivity index (χ3n) is 4.28. The number of hydrogen-bond donors (Lipinski definition) is 3. The Hall–Kier alpha value is -2.93. The Kier molecular flexibility index (Phi) is 8.15. The van der Waals surface area contributed by atoms with Gasteiger partial charge in [0.25, 0.3) is 11.8 Å². The van der Waals surface area contributed by atoms with Crippen LogP contribution in [0, 0.1) is 0 Å². The Labute approximate surface area is 177 Å². The lowest BCUT2D eigenvalue weighted by Crippen LogP contribution is -2.49. The highest BCUT2D eigenvalue weighted by atomic mass is 32.1. The third-order valence-corrected chi connectivity index (χ3v) is 4.49. The van der Waals surface area contributed by atoms with E-state index in [1.165, 1.54) is 0 Å². The summed E-state index contributed by atoms with van der Waals surface area (Å²) in [4.78, 5) is 24.2. The van der Waals surface area contributed by atoms with E-state index in [9.17, 15) is 9.59 Å². The molecule has 2 aromatic rings. The zero-order chi connectivity index (χ0) is 21.4. The zero-order valence-electron chi connectivity index (χ0n) is 17.1. The van der Waals surface area contributed by atoms with Crippen LogP contribution in [0.1, 0.15) is 61.0 Å². The number of nitrogens with one attached hydrogen (secondary N) is 3. The van der Waals surface area contributed by atoms with Crippen molar-refractivity contribution in [2.45, 2.75) is 39.5 Å². The maximum Gasteiger partial charge on any atom is 0.276 e. The van der Waals surface area contributed by atoms with Gasteiger partial charge in [0.15, 0.2) is 11.7 Å². The van der Waals surface area contributed by atoms with E-state index >= 15 is 0 Å². The second-order valence-corrected chi connectivity index (χ2v) is 7.62. The summed E-state index contributed by atoms with van der Waals surface area (Å²) in [5.74, 6) is 0.568. The van der Waals surface area contributed by atoms with E-state index in [2.05, 4.69) is 43.9 Å². The first-order valence-electron chi connectivity index (χ1n) is 9.49. The first-order chi connectivity index (χ1) is 13.8. The van der Waals surface area contributed by atoms with Crippen LogP contribution in [0.2, 0.25) is 0 Å². The van der Waals surface area contributed by atoms with Gasteiger partial charge in [-0.15, -0.1) is 0 Å². The summed E-state index contributed by atoms with van der Waals surface area (Å²) in [6.07, 6.45) is 0. The van der Waals surface area contributed by atoms with Crippen LogP contribution >= 0.6 is 12.2 Å². The van der Waals surface area contributed by atoms with Crippen LogP contribution in [-0.4, -0.2) is 23.5 Å². The topological polar surface area (TPSA) is 79.5 Å². The van der Waals surface area contributed by atoms with Gasteiger partial charge < -0.3 is 4.74 Å². The molecule has 0 aromatic heterocycles. The molecule has 0 radical (unpaired) electrons. The van der Waals surface area contributed by atoms with E-state index in [1.807, 2.05) is 36.4 Å². The average molecular weight is 414 g/mol. The molecule has 154 valence electrons. The predicted molar refractivity (Wildman–Crippen MR) is 118 cm³/mol. The minimum Gasteiger partial charge on any atom is -0.483 e. The van der Waals surface area contributed by atoms with Crippen molar-refractivity contribution in [2.24, 2.45) is 0 Å². The Balaban J connectivity index is 1.78. The summed E-state index contributed by atoms with van der Waals surface area (Å²) in [5, 5.41) is 2.52. The molecule has 0 fully saturated rings. The number of carbonyl (C=O) groups excluding carboxylic acids is 2. The van der Waals surface area contributed by atoms with Gasteiger partial charge in [-0.2, -0.15) is 0 Å². The second-order valence-electron chi connectivity index (χ2n) is 7.21. The third kappa shape index (κ3) is 6.87. The van der Waals surface area contributed by atoms with Crippen LogP contribution in [-0.2, 0) is 4.79 Å². The lowest BCUT2D eigenvalue weighted by atomic mass is 10.0. The number of benzene rings is 2. The number of hydrazine groups is 1. The Morgan fingerprint density at radius 1 is 0.931 bits per heavy atom. The van der Waals surface area contributed by atoms with E-state index in [0.717, 1.165) is 11.1 Å². The van der Waals surface area contributed by atoms with Crippen molar-refractivity contribution in [3.63, 3.8) is 0 Å². The van der Waals surface area contributed by atoms with Crippen molar-refractivity contribution < 1.29 is 14.3 Å². The first kappa shape index (κ1) is 22.4. The molecular formula is C22H27N3O3S. The van der Waals surface area contributed by atoms with Crippen LogP contribution in [0.5, 0.6) is 5.75 Å². The highest BCUT2D eigenvalue weighted by Gasteiger charge is 2.11. The van der Waals surface area contributed by atoms with Gasteiger partial charge in [0, 0.05) is 5.56 Å². The minimum absolute atomic E-state index is 0.00105. The summed E-state index contributed by atoms with van der Waals surface area (Å²) in [7, 11) is 0. The van der Waals surface area contributed by atoms with E-state index < -0.39 is 5.91 Å². The van der Waals surface area contributed by atoms with Crippen molar-refractivity contribution in [2.75, 3.05) is 6.61 Å². The van der Waals surface area contributed by atoms with Gasteiger partial charge >= 0.3 is 0 Å². The lowest BCUT2D eigenvalue weighted by molar-refractivity contribution is -0.123. The summed E-state index contributed by atoms with van der Waals surface area (Å²) in [6.45, 7) is 8.11. The number of para-hydroxylation sites is 1. The molecule has 0 aliphatic carbocycles. The number of ether oxygens (including phenoxy) is 1. The van der Waals surface area contributed by atoms with Crippen LogP contribution in [0.3, 0.4) is 0 Å². The van der Waals surface area contributed by atoms with Crippen LogP contribution in [0.25, 0.3) is 0 Å². The van der Waals surface area contributed by atoms with Gasteiger partial charge in [-0.3, -0.25) is 25.8 Å². The standard InChI is InChI=1S/C22H27N3O3S/c1-14(2)16-9-11-17(12-10-16)21(27)23-22(29)25-24-20(26)13-28-19-8-6-5-7-18(19)15(3)4/h5-12,14-15H,13H2,1-4H3,(H,24,26)(H2,23,25,27,29). The van der Waals surface area contributed by atoms with Crippen LogP contribution in [0.15, 0.2) is 48.5 Å². The van der Waals surface area contributed by atoms with Gasteiger partial charge in [-0.25, -0.2) is 0 Å². The van der Waals surface area contributed by atoms with Gasteiger partial charge in [-0.1, -0.05) is 58.0 Å². The number of hydrogen-bond acceptors (Lipinski definition) is 4. The average Bonchev–Trinajstić information content (AvgIpc) is 2.70. The molecule has 2 amide bonds. The van der Waals surface area contributed by atoms with Crippen molar-refractivity contribution in [3.8, 4) is 5.75 Å². The maximum atomic E-state index is 12.2. The van der Waals surface area contributed by atoms with E-state index in [-0.39, 0.29) is 23.5 Å². The highest BCUT2D eigenvalue weighted by Crippen LogP contribution is 2.25. The molecule has 0 bridgehead atoms. The van der Waals surface area contributed by atoms with Crippen LogP contribution in [0.4, 0.5) is 0 Å². The SMILES string of the molecule is CC(C)c1ccc(C(=O)NC(=S)NNC(=O)COc2ccccc2C(C)C)cc1. The lowest BCUT2D eigenvalue weighted by Gasteiger charge is -2.14. The van der Waals surface area contributed by atoms with Gasteiger partial charge in [-0.05, 0) is 53.4 Å². The van der Waals surface area contributed by atoms with Crippen molar-refractivity contribution in [3.05, 3.63) is 65.2 Å². The molecule has 2 rings (SSSR count). The fourth-order valence-corrected chi connectivity index (χ4v) is 2.76. The minimum atomic E-state index is -0.415. The van der Waals surface area contributed by atoms with E-state index in [0.29, 0.717) is 17.2 Å². The number of rotatable bonds is 6. The van der Waals surface area contributed by atoms with Crippen LogP contribution < -0.4 is 20.9 Å². The van der Waals surface area contributed by atoms with Gasteiger partial charge in [0.05, 0.1) is 0 Å². The summed E-state index contributed by atoms with van der Waals surface area (Å²) in [6, 6.07) is 14.9. The Morgan fingerprint density at radius 2 is 1.59 bits per heavy atom. The molecule has 0 saturated heterocycles. The zero-order valence-corrected chi connectivity index (χ0v) is 17.9. The maximum absolute atomic E-state index is 12.2. The molecule has 29 heavy (non-hydrogen) atoms. The Bertz CT molecular complexity index is 864. The quantitative estimate of drug-likeness (QED) is 0.498. The monoisotopic (exact) mass is 413 g/mol. The molecule has 3 N–H and O–H groups in total. The van der Waals surface area contributed by atoms with Gasteiger partial charge in [0.2, 0.25) is 0 Å². The fraction of sp³-hybridized carbons (Fsp3) is 0.318. The van der Waals surface area contributed by atoms with Crippen molar-refractivity contribution in [1.82, 2.24) is 16.2 Å². The largest absolute Gasteiger partial charge is 0.483 e. The molecule has 0 unspecified atom stereocenters. The smallest absolute Gasteiger partial charge is 0.276 e. The molecule has 0 aliphatic rings. The normalized spacial score (nSPS) is 10.6. The molecule has 7 heteroatoms. The molecule has 0 heterocycles. The number of amides is 2. The van der Waals surface area contributed by atoms with Crippen molar-refractivity contribution >= 4 is 29.1 Å². The van der Waals surface area contributed by atoms with E-state index in [4.69, 9.17) is 17.0 Å². The summed E-state index contributed by atoms with van der Waals surface area (Å²) < 4.78 is 5.59. The predicted octanol–water partition coefficient (Wildman–Crippen LogP) is 3.65. The molecule has 0 spiro atoms. The molecule has 6 nitrogen and oxygen atoms in total. The fourth-order valence-electron chi connectivity index (χ4n) is 2.62. The van der Waals surface area contributed by atoms with Crippen molar-refractivity contribution in [1.29, 1.82) is 0 Å². The molecular weight excluding hydrogens is 386 g/mol. The van der Waals surface area contributed by atoms with Gasteiger partial charge in [0.1, 0.15) is 5.75 Å². The second kappa shape index (κ2) is 10.6. The number of carbonyl (C=O) groups is 2. The summed E-state index contributed by atoms with van der Waals surface area (Å²) >= 11 is 5.05. The summed E-state index contributed by atoms with van der Waals surface area (Å²) in [5.41, 5.74) is 7.58. The Morgan fingerprint density at radius 3 is 2.21 bits per heavy atom. The molecule has 0 aliphatic heterocycles. The molecule has 0 saturated carbocycles. The first-order valence-corrected chi connectivity index (χ1v) is 9.90. The molecule has 0 atom stereocenters. The molecule has 2 aromatic carbocycles. The number of thiocarbonyl (C=S) groups is 1. The van der Waals surface area contributed by atoms with E-state index in [1.54, 1.807) is 12.1 Å². The highest BCUT2D eigenvalue weighted by molar-refractivity contribution is 7.80.